The van der Waals surface area contributed by atoms with E-state index in [1.165, 1.54) is 0 Å². The van der Waals surface area contributed by atoms with Gasteiger partial charge in [0.2, 0.25) is 5.91 Å². The van der Waals surface area contributed by atoms with Crippen molar-refractivity contribution < 1.29 is 14.3 Å². The van der Waals surface area contributed by atoms with Gasteiger partial charge in [-0.25, -0.2) is 0 Å². The summed E-state index contributed by atoms with van der Waals surface area (Å²) < 4.78 is 5.17. The van der Waals surface area contributed by atoms with E-state index in [9.17, 15) is 9.59 Å². The number of nitrogens with one attached hydrogen (secondary N) is 1. The second-order valence-electron chi connectivity index (χ2n) is 6.72. The molecule has 0 atom stereocenters. The van der Waals surface area contributed by atoms with Gasteiger partial charge in [-0.2, -0.15) is 0 Å². The van der Waals surface area contributed by atoms with Crippen molar-refractivity contribution >= 4 is 11.8 Å². The number of methoxy groups -OCH3 is 1. The lowest BCUT2D eigenvalue weighted by Gasteiger charge is -2.22. The number of amides is 2. The van der Waals surface area contributed by atoms with Gasteiger partial charge in [-0.1, -0.05) is 12.1 Å². The second kappa shape index (κ2) is 7.64. The number of hydrogen-bond acceptors (Lipinski definition) is 3. The molecule has 0 radical (unpaired) electrons. The van der Waals surface area contributed by atoms with Crippen LogP contribution >= 0.6 is 0 Å². The van der Waals surface area contributed by atoms with Crippen LogP contribution in [0.3, 0.4) is 0 Å². The first-order valence-electron chi connectivity index (χ1n) is 8.84. The van der Waals surface area contributed by atoms with Crippen molar-refractivity contribution in [2.24, 2.45) is 0 Å². The summed E-state index contributed by atoms with van der Waals surface area (Å²) in [5.41, 5.74) is 3.59. The molecule has 1 aliphatic rings. The largest absolute Gasteiger partial charge is 0.497 e. The lowest BCUT2D eigenvalue weighted by atomic mass is 10.2. The first-order chi connectivity index (χ1) is 12.5. The molecular weight excluding hydrogens is 330 g/mol. The minimum atomic E-state index is -0.0327. The Balaban J connectivity index is 1.66. The number of ether oxygens (including phenoxy) is 1. The number of benzene rings is 1. The normalized spacial score (nSPS) is 15.1. The van der Waals surface area contributed by atoms with Crippen LogP contribution in [0.4, 0.5) is 0 Å². The zero-order valence-corrected chi connectivity index (χ0v) is 15.5. The Morgan fingerprint density at radius 1 is 1.15 bits per heavy atom. The van der Waals surface area contributed by atoms with Crippen molar-refractivity contribution in [2.45, 2.75) is 26.8 Å². The highest BCUT2D eigenvalue weighted by atomic mass is 16.5. The van der Waals surface area contributed by atoms with Crippen LogP contribution in [0.5, 0.6) is 5.75 Å². The van der Waals surface area contributed by atoms with E-state index in [4.69, 9.17) is 4.74 Å². The maximum absolute atomic E-state index is 12.8. The van der Waals surface area contributed by atoms with Crippen LogP contribution in [0, 0.1) is 13.8 Å². The average Bonchev–Trinajstić information content (AvgIpc) is 2.87. The molecule has 1 saturated heterocycles. The summed E-state index contributed by atoms with van der Waals surface area (Å²) in [4.78, 5) is 32.0. The quantitative estimate of drug-likeness (QED) is 0.916. The van der Waals surface area contributed by atoms with E-state index in [0.29, 0.717) is 38.3 Å². The van der Waals surface area contributed by atoms with Crippen molar-refractivity contribution in [2.75, 3.05) is 26.7 Å². The van der Waals surface area contributed by atoms with Crippen molar-refractivity contribution in [1.82, 2.24) is 14.8 Å². The Hall–Kier alpha value is -2.76. The van der Waals surface area contributed by atoms with Gasteiger partial charge in [-0.3, -0.25) is 9.59 Å². The highest BCUT2D eigenvalue weighted by molar-refractivity contribution is 5.94. The predicted octanol–water partition coefficient (Wildman–Crippen LogP) is 2.51. The SMILES string of the molecule is COc1ccc(CN2CCN(C(=O)c3[nH]c(C)cc3C)CCC2=O)cc1. The van der Waals surface area contributed by atoms with Crippen molar-refractivity contribution in [3.8, 4) is 5.75 Å². The van der Waals surface area contributed by atoms with Crippen LogP contribution in [-0.4, -0.2) is 53.3 Å². The van der Waals surface area contributed by atoms with Gasteiger partial charge in [-0.15, -0.1) is 0 Å². The summed E-state index contributed by atoms with van der Waals surface area (Å²) >= 11 is 0. The van der Waals surface area contributed by atoms with Gasteiger partial charge in [0.05, 0.1) is 7.11 Å². The molecule has 1 aromatic heterocycles. The fourth-order valence-corrected chi connectivity index (χ4v) is 3.30. The van der Waals surface area contributed by atoms with Crippen LogP contribution in [0.2, 0.25) is 0 Å². The molecule has 2 aromatic rings. The highest BCUT2D eigenvalue weighted by Gasteiger charge is 2.26. The minimum absolute atomic E-state index is 0.0327. The van der Waals surface area contributed by atoms with E-state index in [0.717, 1.165) is 22.6 Å². The summed E-state index contributed by atoms with van der Waals surface area (Å²) in [7, 11) is 1.63. The molecule has 26 heavy (non-hydrogen) atoms. The standard InChI is InChI=1S/C20H25N3O3/c1-14-12-15(2)21-19(14)20(25)22-9-8-18(24)23(11-10-22)13-16-4-6-17(26-3)7-5-16/h4-7,12,21H,8-11,13H2,1-3H3. The molecule has 1 N–H and O–H groups in total. The van der Waals surface area contributed by atoms with Gasteiger partial charge in [0.25, 0.3) is 5.91 Å². The van der Waals surface area contributed by atoms with E-state index < -0.39 is 0 Å². The second-order valence-corrected chi connectivity index (χ2v) is 6.72. The van der Waals surface area contributed by atoms with Gasteiger partial charge in [0.15, 0.2) is 0 Å². The Bertz CT molecular complexity index is 795. The zero-order chi connectivity index (χ0) is 18.7. The van der Waals surface area contributed by atoms with Gasteiger partial charge in [0.1, 0.15) is 11.4 Å². The third kappa shape index (κ3) is 3.90. The molecular formula is C20H25N3O3. The van der Waals surface area contributed by atoms with Crippen LogP contribution in [0.25, 0.3) is 0 Å². The van der Waals surface area contributed by atoms with Crippen molar-refractivity contribution in [3.05, 3.63) is 52.8 Å². The Morgan fingerprint density at radius 2 is 1.88 bits per heavy atom. The Kier molecular flexibility index (Phi) is 5.30. The van der Waals surface area contributed by atoms with Gasteiger partial charge >= 0.3 is 0 Å². The summed E-state index contributed by atoms with van der Waals surface area (Å²) in [5.74, 6) is 0.842. The first kappa shape index (κ1) is 18.0. The molecule has 1 aliphatic heterocycles. The molecule has 138 valence electrons. The van der Waals surface area contributed by atoms with Gasteiger partial charge in [0, 0.05) is 38.3 Å². The number of carbonyl (C=O) groups is 2. The fraction of sp³-hybridized carbons (Fsp3) is 0.400. The molecule has 0 saturated carbocycles. The van der Waals surface area contributed by atoms with Crippen LogP contribution in [0.15, 0.2) is 30.3 Å². The van der Waals surface area contributed by atoms with E-state index >= 15 is 0 Å². The summed E-state index contributed by atoms with van der Waals surface area (Å²) in [5, 5.41) is 0. The Morgan fingerprint density at radius 3 is 2.50 bits per heavy atom. The third-order valence-corrected chi connectivity index (χ3v) is 4.77. The molecule has 1 aromatic carbocycles. The summed E-state index contributed by atoms with van der Waals surface area (Å²) in [6.45, 7) is 5.94. The van der Waals surface area contributed by atoms with E-state index in [1.807, 2.05) is 49.1 Å². The molecule has 0 bridgehead atoms. The van der Waals surface area contributed by atoms with Gasteiger partial charge in [-0.05, 0) is 43.2 Å². The molecule has 0 spiro atoms. The number of aryl methyl sites for hydroxylation is 2. The number of H-pyrrole nitrogens is 1. The summed E-state index contributed by atoms with van der Waals surface area (Å²) in [6, 6.07) is 9.68. The number of aromatic amines is 1. The van der Waals surface area contributed by atoms with E-state index in [-0.39, 0.29) is 11.8 Å². The zero-order valence-electron chi connectivity index (χ0n) is 15.5. The van der Waals surface area contributed by atoms with Crippen LogP contribution < -0.4 is 4.74 Å². The molecule has 0 unspecified atom stereocenters. The number of nitrogens with zero attached hydrogens (tertiary/aromatic N) is 2. The number of rotatable bonds is 4. The van der Waals surface area contributed by atoms with E-state index in [2.05, 4.69) is 4.98 Å². The first-order valence-corrected chi connectivity index (χ1v) is 8.84. The molecule has 6 nitrogen and oxygen atoms in total. The number of aromatic nitrogens is 1. The van der Waals surface area contributed by atoms with Gasteiger partial charge < -0.3 is 19.5 Å². The minimum Gasteiger partial charge on any atom is -0.497 e. The van der Waals surface area contributed by atoms with Crippen molar-refractivity contribution in [1.29, 1.82) is 0 Å². The predicted molar refractivity (Wildman–Crippen MR) is 99.2 cm³/mol. The molecule has 2 heterocycles. The number of carbonyl (C=O) groups excluding carboxylic acids is 2. The third-order valence-electron chi connectivity index (χ3n) is 4.77. The molecule has 3 rings (SSSR count). The smallest absolute Gasteiger partial charge is 0.270 e. The lowest BCUT2D eigenvalue weighted by molar-refractivity contribution is -0.130. The molecule has 6 heteroatoms. The highest BCUT2D eigenvalue weighted by Crippen LogP contribution is 2.17. The van der Waals surface area contributed by atoms with Crippen LogP contribution in [0.1, 0.15) is 33.7 Å². The monoisotopic (exact) mass is 355 g/mol. The van der Waals surface area contributed by atoms with E-state index in [1.54, 1.807) is 12.0 Å². The maximum Gasteiger partial charge on any atom is 0.270 e. The fourth-order valence-electron chi connectivity index (χ4n) is 3.30. The van der Waals surface area contributed by atoms with Crippen LogP contribution in [-0.2, 0) is 11.3 Å². The van der Waals surface area contributed by atoms with Crippen molar-refractivity contribution in [3.63, 3.8) is 0 Å². The lowest BCUT2D eigenvalue weighted by Crippen LogP contribution is -2.36. The molecule has 1 fully saturated rings. The topological polar surface area (TPSA) is 65.6 Å². The molecule has 2 amide bonds. The maximum atomic E-state index is 12.8. The average molecular weight is 355 g/mol. The number of hydrogen-bond donors (Lipinski definition) is 1. The summed E-state index contributed by atoms with van der Waals surface area (Å²) in [6.07, 6.45) is 0.348. The molecule has 0 aliphatic carbocycles. The Labute approximate surface area is 153 Å².